The van der Waals surface area contributed by atoms with Crippen LogP contribution in [0.3, 0.4) is 0 Å². The predicted octanol–water partition coefficient (Wildman–Crippen LogP) is 2.99. The van der Waals surface area contributed by atoms with Crippen LogP contribution in [0.5, 0.6) is 0 Å². The smallest absolute Gasteiger partial charge is 0.251 e. The molecule has 0 unspecified atom stereocenters. The van der Waals surface area contributed by atoms with E-state index in [9.17, 15) is 9.59 Å². The minimum absolute atomic E-state index is 0.155. The fraction of sp³-hybridized carbons (Fsp3) is 0.480. The van der Waals surface area contributed by atoms with Crippen molar-refractivity contribution in [2.75, 3.05) is 24.5 Å². The molecule has 0 atom stereocenters. The van der Waals surface area contributed by atoms with E-state index >= 15 is 0 Å². The molecule has 0 spiro atoms. The van der Waals surface area contributed by atoms with Crippen molar-refractivity contribution in [2.24, 2.45) is 11.7 Å². The van der Waals surface area contributed by atoms with Gasteiger partial charge in [0.15, 0.2) is 0 Å². The number of rotatable bonds is 9. The number of piperidine rings is 1. The number of carbonyl (C=O) groups excluding carboxylic acids is 2. The van der Waals surface area contributed by atoms with Crippen LogP contribution in [0, 0.1) is 5.92 Å². The average Bonchev–Trinajstić information content (AvgIpc) is 3.21. The van der Waals surface area contributed by atoms with Gasteiger partial charge in [-0.25, -0.2) is 9.97 Å². The summed E-state index contributed by atoms with van der Waals surface area (Å²) in [6.07, 6.45) is 6.32. The second-order valence-electron chi connectivity index (χ2n) is 8.88. The summed E-state index contributed by atoms with van der Waals surface area (Å²) < 4.78 is 2.06. The van der Waals surface area contributed by atoms with E-state index < -0.39 is 5.91 Å². The minimum Gasteiger partial charge on any atom is -0.366 e. The molecule has 0 aliphatic carbocycles. The van der Waals surface area contributed by atoms with Crippen molar-refractivity contribution in [3.05, 3.63) is 47.9 Å². The van der Waals surface area contributed by atoms with Gasteiger partial charge in [-0.2, -0.15) is 5.10 Å². The standard InChI is InChI=1S/C25H33N7O2/c1-3-11-32-22-8-6-5-7-20(22)21(29-32)17-31(23(33)4-2)16-18-9-12-30(13-10-18)25-27-14-19(15-28-25)24(26)34/h5-8,14-15,18H,3-4,9-13,16-17H2,1-2H3,(H2,26,34). The molecule has 2 N–H and O–H groups in total. The van der Waals surface area contributed by atoms with Gasteiger partial charge in [0.1, 0.15) is 0 Å². The first-order valence-electron chi connectivity index (χ1n) is 12.1. The van der Waals surface area contributed by atoms with Crippen LogP contribution < -0.4 is 10.6 Å². The van der Waals surface area contributed by atoms with Crippen molar-refractivity contribution < 1.29 is 9.59 Å². The number of nitrogens with two attached hydrogens (primary N) is 1. The lowest BCUT2D eigenvalue weighted by Gasteiger charge is -2.34. The molecule has 3 heterocycles. The number of amides is 2. The molecule has 9 heteroatoms. The third kappa shape index (κ3) is 5.18. The molecule has 1 aromatic carbocycles. The number of aryl methyl sites for hydroxylation is 1. The molecular weight excluding hydrogens is 430 g/mol. The zero-order valence-electron chi connectivity index (χ0n) is 20.0. The van der Waals surface area contributed by atoms with Crippen LogP contribution in [0.15, 0.2) is 36.7 Å². The van der Waals surface area contributed by atoms with Crippen LogP contribution >= 0.6 is 0 Å². The van der Waals surface area contributed by atoms with Crippen LogP contribution in [0.1, 0.15) is 55.6 Å². The van der Waals surface area contributed by atoms with Gasteiger partial charge in [0.2, 0.25) is 11.9 Å². The van der Waals surface area contributed by atoms with Crippen LogP contribution in [-0.4, -0.2) is 56.1 Å². The molecule has 34 heavy (non-hydrogen) atoms. The van der Waals surface area contributed by atoms with Gasteiger partial charge in [0.05, 0.1) is 23.3 Å². The van der Waals surface area contributed by atoms with Crippen LogP contribution in [0.2, 0.25) is 0 Å². The Morgan fingerprint density at radius 1 is 1.12 bits per heavy atom. The number of hydrogen-bond acceptors (Lipinski definition) is 6. The lowest BCUT2D eigenvalue weighted by Crippen LogP contribution is -2.41. The van der Waals surface area contributed by atoms with E-state index in [0.29, 0.717) is 30.4 Å². The van der Waals surface area contributed by atoms with E-state index in [1.807, 2.05) is 24.0 Å². The molecule has 1 aliphatic rings. The van der Waals surface area contributed by atoms with Gasteiger partial charge in [0, 0.05) is 50.4 Å². The van der Waals surface area contributed by atoms with E-state index in [4.69, 9.17) is 10.8 Å². The quantitative estimate of drug-likeness (QED) is 0.522. The summed E-state index contributed by atoms with van der Waals surface area (Å²) in [6, 6.07) is 8.26. The van der Waals surface area contributed by atoms with Crippen LogP contribution in [-0.2, 0) is 17.9 Å². The molecule has 1 saturated heterocycles. The average molecular weight is 464 g/mol. The predicted molar refractivity (Wildman–Crippen MR) is 131 cm³/mol. The number of benzene rings is 1. The highest BCUT2D eigenvalue weighted by Gasteiger charge is 2.25. The zero-order chi connectivity index (χ0) is 24.1. The molecule has 9 nitrogen and oxygen atoms in total. The van der Waals surface area contributed by atoms with Crippen molar-refractivity contribution in [1.29, 1.82) is 0 Å². The molecule has 180 valence electrons. The molecule has 1 fully saturated rings. The van der Waals surface area contributed by atoms with E-state index in [0.717, 1.165) is 62.0 Å². The lowest BCUT2D eigenvalue weighted by molar-refractivity contribution is -0.132. The summed E-state index contributed by atoms with van der Waals surface area (Å²) in [4.78, 5) is 36.8. The topological polar surface area (TPSA) is 110 Å². The van der Waals surface area contributed by atoms with Gasteiger partial charge in [-0.1, -0.05) is 32.0 Å². The number of fused-ring (bicyclic) bond motifs is 1. The Kier molecular flexibility index (Phi) is 7.40. The molecular formula is C25H33N7O2. The lowest BCUT2D eigenvalue weighted by atomic mass is 9.96. The van der Waals surface area contributed by atoms with Gasteiger partial charge < -0.3 is 15.5 Å². The fourth-order valence-corrected chi connectivity index (χ4v) is 4.59. The maximum Gasteiger partial charge on any atom is 0.251 e. The SMILES string of the molecule is CCCn1nc(CN(CC2CCN(c3ncc(C(N)=O)cn3)CC2)C(=O)CC)c2ccccc21. The second kappa shape index (κ2) is 10.6. The Labute approximate surface area is 200 Å². The Morgan fingerprint density at radius 3 is 2.47 bits per heavy atom. The molecule has 0 radical (unpaired) electrons. The van der Waals surface area contributed by atoms with Crippen LogP contribution in [0.25, 0.3) is 10.9 Å². The first-order chi connectivity index (χ1) is 16.5. The number of aromatic nitrogens is 4. The number of para-hydroxylation sites is 1. The van der Waals surface area contributed by atoms with Crippen molar-refractivity contribution >= 4 is 28.7 Å². The third-order valence-electron chi connectivity index (χ3n) is 6.46. The molecule has 0 saturated carbocycles. The summed E-state index contributed by atoms with van der Waals surface area (Å²) in [7, 11) is 0. The van der Waals surface area contributed by atoms with Gasteiger partial charge in [-0.3, -0.25) is 14.3 Å². The summed E-state index contributed by atoms with van der Waals surface area (Å²) in [5, 5.41) is 5.99. The highest BCUT2D eigenvalue weighted by molar-refractivity contribution is 5.92. The third-order valence-corrected chi connectivity index (χ3v) is 6.46. The summed E-state index contributed by atoms with van der Waals surface area (Å²) >= 11 is 0. The molecule has 4 rings (SSSR count). The summed E-state index contributed by atoms with van der Waals surface area (Å²) in [6.45, 7) is 7.79. The van der Waals surface area contributed by atoms with Crippen LogP contribution in [0.4, 0.5) is 5.95 Å². The highest BCUT2D eigenvalue weighted by Crippen LogP contribution is 2.25. The first kappa shape index (κ1) is 23.7. The monoisotopic (exact) mass is 463 g/mol. The minimum atomic E-state index is -0.529. The van der Waals surface area contributed by atoms with Crippen molar-refractivity contribution in [1.82, 2.24) is 24.6 Å². The molecule has 3 aromatic rings. The number of hydrogen-bond donors (Lipinski definition) is 1. The van der Waals surface area contributed by atoms with E-state index in [-0.39, 0.29) is 5.91 Å². The zero-order valence-corrected chi connectivity index (χ0v) is 20.0. The van der Waals surface area contributed by atoms with Gasteiger partial charge in [0.25, 0.3) is 5.91 Å². The van der Waals surface area contributed by atoms with E-state index in [2.05, 4.69) is 38.6 Å². The van der Waals surface area contributed by atoms with Crippen molar-refractivity contribution in [2.45, 2.75) is 52.6 Å². The summed E-state index contributed by atoms with van der Waals surface area (Å²) in [5.41, 5.74) is 7.67. The molecule has 2 amide bonds. The highest BCUT2D eigenvalue weighted by atomic mass is 16.2. The Balaban J connectivity index is 1.42. The van der Waals surface area contributed by atoms with E-state index in [1.54, 1.807) is 0 Å². The number of carbonyl (C=O) groups is 2. The Hall–Kier alpha value is -3.49. The van der Waals surface area contributed by atoms with Crippen molar-refractivity contribution in [3.8, 4) is 0 Å². The molecule has 2 aromatic heterocycles. The summed E-state index contributed by atoms with van der Waals surface area (Å²) in [5.74, 6) is 0.638. The number of primary amides is 1. The van der Waals surface area contributed by atoms with Gasteiger partial charge >= 0.3 is 0 Å². The van der Waals surface area contributed by atoms with E-state index in [1.165, 1.54) is 12.4 Å². The van der Waals surface area contributed by atoms with Gasteiger partial charge in [-0.05, 0) is 31.2 Å². The first-order valence-corrected chi connectivity index (χ1v) is 12.1. The second-order valence-corrected chi connectivity index (χ2v) is 8.88. The fourth-order valence-electron chi connectivity index (χ4n) is 4.59. The van der Waals surface area contributed by atoms with Crippen molar-refractivity contribution in [3.63, 3.8) is 0 Å². The number of anilines is 1. The number of nitrogens with zero attached hydrogens (tertiary/aromatic N) is 6. The molecule has 0 bridgehead atoms. The van der Waals surface area contributed by atoms with Gasteiger partial charge in [-0.15, -0.1) is 0 Å². The Morgan fingerprint density at radius 2 is 1.82 bits per heavy atom. The Bertz CT molecular complexity index is 1130. The largest absolute Gasteiger partial charge is 0.366 e. The molecule has 1 aliphatic heterocycles. The maximum atomic E-state index is 12.9. The maximum absolute atomic E-state index is 12.9. The normalized spacial score (nSPS) is 14.5.